The van der Waals surface area contributed by atoms with Crippen molar-refractivity contribution < 1.29 is 13.5 Å². The average Bonchev–Trinajstić information content (AvgIpc) is 2.85. The molecule has 2 fully saturated rings. The molecule has 2 unspecified atom stereocenters. The molecule has 2 saturated heterocycles. The van der Waals surface area contributed by atoms with Gasteiger partial charge in [-0.15, -0.1) is 0 Å². The van der Waals surface area contributed by atoms with Crippen LogP contribution >= 0.6 is 0 Å². The predicted octanol–water partition coefficient (Wildman–Crippen LogP) is -0.845. The van der Waals surface area contributed by atoms with Crippen LogP contribution in [0.5, 0.6) is 0 Å². The fraction of sp³-hybridized carbons (Fsp3) is 0.750. The van der Waals surface area contributed by atoms with E-state index < -0.39 is 15.6 Å². The largest absolute Gasteiger partial charge is 0.389 e. The van der Waals surface area contributed by atoms with Gasteiger partial charge in [-0.3, -0.25) is 4.68 Å². The van der Waals surface area contributed by atoms with Crippen molar-refractivity contribution in [3.8, 4) is 0 Å². The smallest absolute Gasteiger partial charge is 0.246 e. The van der Waals surface area contributed by atoms with Gasteiger partial charge in [0.15, 0.2) is 0 Å². The summed E-state index contributed by atoms with van der Waals surface area (Å²) < 4.78 is 28.0. The zero-order valence-electron chi connectivity index (χ0n) is 11.5. The zero-order valence-corrected chi connectivity index (χ0v) is 12.3. The maximum absolute atomic E-state index is 12.5. The van der Waals surface area contributed by atoms with Crippen LogP contribution in [0.2, 0.25) is 0 Å². The number of rotatable bonds is 2. The lowest BCUT2D eigenvalue weighted by Crippen LogP contribution is -2.59. The molecule has 0 spiro atoms. The standard InChI is InChI=1S/C12H20N4O3S/c1-15-9-11(7-14-15)20(18,19)16-5-3-12(17)2-4-13-6-10(12)8-16/h7,9-10,13,17H,2-6,8H2,1H3. The van der Waals surface area contributed by atoms with Crippen molar-refractivity contribution in [3.63, 3.8) is 0 Å². The predicted molar refractivity (Wildman–Crippen MR) is 72.5 cm³/mol. The van der Waals surface area contributed by atoms with E-state index in [9.17, 15) is 13.5 Å². The number of aromatic nitrogens is 2. The Bertz CT molecular complexity index is 600. The molecule has 2 aliphatic heterocycles. The summed E-state index contributed by atoms with van der Waals surface area (Å²) >= 11 is 0. The molecule has 112 valence electrons. The molecule has 20 heavy (non-hydrogen) atoms. The fourth-order valence-electron chi connectivity index (χ4n) is 3.09. The van der Waals surface area contributed by atoms with Crippen molar-refractivity contribution in [2.24, 2.45) is 13.0 Å². The van der Waals surface area contributed by atoms with Crippen LogP contribution < -0.4 is 5.32 Å². The SMILES string of the molecule is Cn1cc(S(=O)(=O)N2CCC3(O)CCNCC3C2)cn1. The maximum atomic E-state index is 12.5. The molecule has 3 rings (SSSR count). The van der Waals surface area contributed by atoms with Crippen molar-refractivity contribution in [3.05, 3.63) is 12.4 Å². The number of piperidine rings is 2. The zero-order chi connectivity index (χ0) is 14.4. The van der Waals surface area contributed by atoms with E-state index in [-0.39, 0.29) is 10.8 Å². The molecule has 0 bridgehead atoms. The molecule has 2 N–H and O–H groups in total. The Kier molecular flexibility index (Phi) is 3.36. The van der Waals surface area contributed by atoms with E-state index in [2.05, 4.69) is 10.4 Å². The Labute approximate surface area is 118 Å². The highest BCUT2D eigenvalue weighted by Gasteiger charge is 2.45. The molecule has 2 aliphatic rings. The summed E-state index contributed by atoms with van der Waals surface area (Å²) in [7, 11) is -1.81. The maximum Gasteiger partial charge on any atom is 0.246 e. The Hall–Kier alpha value is -0.960. The normalized spacial score (nSPS) is 32.0. The summed E-state index contributed by atoms with van der Waals surface area (Å²) in [4.78, 5) is 0.217. The first-order valence-corrected chi connectivity index (χ1v) is 8.28. The van der Waals surface area contributed by atoms with Gasteiger partial charge in [-0.05, 0) is 19.4 Å². The number of sulfonamides is 1. The number of nitrogens with one attached hydrogen (secondary N) is 1. The monoisotopic (exact) mass is 300 g/mol. The topological polar surface area (TPSA) is 87.5 Å². The van der Waals surface area contributed by atoms with Gasteiger partial charge in [-0.2, -0.15) is 9.40 Å². The minimum absolute atomic E-state index is 0.0450. The molecular formula is C12H20N4O3S. The van der Waals surface area contributed by atoms with Crippen LogP contribution in [0.4, 0.5) is 0 Å². The van der Waals surface area contributed by atoms with Crippen molar-refractivity contribution >= 4 is 10.0 Å². The van der Waals surface area contributed by atoms with Crippen LogP contribution in [0.15, 0.2) is 17.3 Å². The van der Waals surface area contributed by atoms with E-state index in [0.29, 0.717) is 32.5 Å². The van der Waals surface area contributed by atoms with Gasteiger partial charge in [-0.1, -0.05) is 0 Å². The van der Waals surface area contributed by atoms with E-state index in [0.717, 1.165) is 6.54 Å². The first-order chi connectivity index (χ1) is 9.42. The Balaban J connectivity index is 1.82. The van der Waals surface area contributed by atoms with Crippen molar-refractivity contribution in [1.82, 2.24) is 19.4 Å². The highest BCUT2D eigenvalue weighted by atomic mass is 32.2. The molecule has 2 atom stereocenters. The summed E-state index contributed by atoms with van der Waals surface area (Å²) in [6.45, 7) is 2.18. The molecule has 0 aliphatic carbocycles. The summed E-state index contributed by atoms with van der Waals surface area (Å²) in [5, 5.41) is 17.7. The molecule has 7 nitrogen and oxygen atoms in total. The van der Waals surface area contributed by atoms with Gasteiger partial charge in [0.25, 0.3) is 0 Å². The first-order valence-electron chi connectivity index (χ1n) is 6.84. The molecule has 1 aromatic heterocycles. The second-order valence-electron chi connectivity index (χ2n) is 5.72. The number of fused-ring (bicyclic) bond motifs is 1. The molecule has 0 radical (unpaired) electrons. The molecule has 1 aromatic rings. The Morgan fingerprint density at radius 3 is 3.00 bits per heavy atom. The first kappa shape index (κ1) is 14.0. The minimum Gasteiger partial charge on any atom is -0.389 e. The average molecular weight is 300 g/mol. The highest BCUT2D eigenvalue weighted by molar-refractivity contribution is 7.89. The molecule has 3 heterocycles. The van der Waals surface area contributed by atoms with E-state index in [1.165, 1.54) is 21.4 Å². The lowest BCUT2D eigenvalue weighted by atomic mass is 9.77. The lowest BCUT2D eigenvalue weighted by Gasteiger charge is -2.46. The second-order valence-corrected chi connectivity index (χ2v) is 7.66. The number of hydrogen-bond acceptors (Lipinski definition) is 5. The second kappa shape index (κ2) is 4.80. The molecule has 0 aromatic carbocycles. The lowest BCUT2D eigenvalue weighted by molar-refractivity contribution is -0.0744. The number of hydrogen-bond donors (Lipinski definition) is 2. The third-order valence-electron chi connectivity index (χ3n) is 4.42. The molecule has 0 amide bonds. The van der Waals surface area contributed by atoms with Gasteiger partial charge >= 0.3 is 0 Å². The van der Waals surface area contributed by atoms with Gasteiger partial charge in [0.05, 0.1) is 11.8 Å². The van der Waals surface area contributed by atoms with Gasteiger partial charge in [0.2, 0.25) is 10.0 Å². The summed E-state index contributed by atoms with van der Waals surface area (Å²) in [5.74, 6) is -0.0450. The minimum atomic E-state index is -3.51. The van der Waals surface area contributed by atoms with Gasteiger partial charge < -0.3 is 10.4 Å². The van der Waals surface area contributed by atoms with Gasteiger partial charge in [0, 0.05) is 38.8 Å². The summed E-state index contributed by atoms with van der Waals surface area (Å²) in [6, 6.07) is 0. The quantitative estimate of drug-likeness (QED) is 0.743. The van der Waals surface area contributed by atoms with E-state index >= 15 is 0 Å². The number of aliphatic hydroxyl groups is 1. The van der Waals surface area contributed by atoms with Crippen LogP contribution in [0.1, 0.15) is 12.8 Å². The van der Waals surface area contributed by atoms with Gasteiger partial charge in [-0.25, -0.2) is 8.42 Å². The van der Waals surface area contributed by atoms with E-state index in [1.807, 2.05) is 0 Å². The van der Waals surface area contributed by atoms with Crippen LogP contribution in [0.25, 0.3) is 0 Å². The highest BCUT2D eigenvalue weighted by Crippen LogP contribution is 2.34. The number of nitrogens with zero attached hydrogens (tertiary/aromatic N) is 3. The summed E-state index contributed by atoms with van der Waals surface area (Å²) in [5.41, 5.74) is -0.716. The summed E-state index contributed by atoms with van der Waals surface area (Å²) in [6.07, 6.45) is 4.07. The van der Waals surface area contributed by atoms with Crippen molar-refractivity contribution in [2.75, 3.05) is 26.2 Å². The van der Waals surface area contributed by atoms with Crippen LogP contribution in [-0.4, -0.2) is 59.4 Å². The third kappa shape index (κ3) is 2.26. The van der Waals surface area contributed by atoms with E-state index in [4.69, 9.17) is 0 Å². The van der Waals surface area contributed by atoms with Gasteiger partial charge in [0.1, 0.15) is 4.90 Å². The van der Waals surface area contributed by atoms with Crippen LogP contribution in [0.3, 0.4) is 0 Å². The molecule has 8 heteroatoms. The van der Waals surface area contributed by atoms with Crippen LogP contribution in [-0.2, 0) is 17.1 Å². The Morgan fingerprint density at radius 1 is 1.50 bits per heavy atom. The molecule has 0 saturated carbocycles. The third-order valence-corrected chi connectivity index (χ3v) is 6.24. The van der Waals surface area contributed by atoms with E-state index in [1.54, 1.807) is 7.05 Å². The van der Waals surface area contributed by atoms with Crippen LogP contribution in [0, 0.1) is 5.92 Å². The number of aryl methyl sites for hydroxylation is 1. The Morgan fingerprint density at radius 2 is 2.30 bits per heavy atom. The fourth-order valence-corrected chi connectivity index (χ4v) is 4.57. The van der Waals surface area contributed by atoms with Crippen molar-refractivity contribution in [2.45, 2.75) is 23.3 Å². The molecular weight excluding hydrogens is 280 g/mol. The van der Waals surface area contributed by atoms with Crippen molar-refractivity contribution in [1.29, 1.82) is 0 Å².